The van der Waals surface area contributed by atoms with Crippen LogP contribution in [0.4, 0.5) is 10.5 Å². The third-order valence-corrected chi connectivity index (χ3v) is 3.68. The monoisotopic (exact) mass is 275 g/mol. The largest absolute Gasteiger partial charge is 0.504 e. The molecule has 0 bridgehead atoms. The molecule has 1 saturated heterocycles. The highest BCUT2D eigenvalue weighted by Gasteiger charge is 2.23. The van der Waals surface area contributed by atoms with Crippen LogP contribution in [0.5, 0.6) is 5.75 Å². The summed E-state index contributed by atoms with van der Waals surface area (Å²) < 4.78 is 1.27. The van der Waals surface area contributed by atoms with E-state index in [1.807, 2.05) is 4.90 Å². The quantitative estimate of drug-likeness (QED) is 0.705. The number of pyridine rings is 1. The van der Waals surface area contributed by atoms with Crippen molar-refractivity contribution in [3.05, 3.63) is 18.5 Å². The summed E-state index contributed by atoms with van der Waals surface area (Å²) in [6.45, 7) is 1.50. The van der Waals surface area contributed by atoms with Gasteiger partial charge in [0.15, 0.2) is 5.75 Å². The van der Waals surface area contributed by atoms with Crippen LogP contribution in [0, 0.1) is 0 Å². The van der Waals surface area contributed by atoms with Gasteiger partial charge in [0.25, 0.3) is 0 Å². The Labute approximate surface area is 115 Å². The highest BCUT2D eigenvalue weighted by Crippen LogP contribution is 2.36. The number of nitrogens with two attached hydrogens (primary N) is 2. The Bertz CT molecular complexity index is 666. The molecule has 2 aromatic rings. The van der Waals surface area contributed by atoms with Gasteiger partial charge in [0.1, 0.15) is 5.65 Å². The van der Waals surface area contributed by atoms with Gasteiger partial charge in [0.05, 0.1) is 11.9 Å². The molecule has 1 amide bonds. The summed E-state index contributed by atoms with van der Waals surface area (Å²) in [6.07, 6.45) is 4.86. The van der Waals surface area contributed by atoms with Gasteiger partial charge in [-0.2, -0.15) is 0 Å². The second-order valence-electron chi connectivity index (χ2n) is 5.10. The lowest BCUT2D eigenvalue weighted by molar-refractivity contribution is 0.251. The number of fused-ring (bicyclic) bond motifs is 1. The predicted octanol–water partition coefficient (Wildman–Crippen LogP) is 0.596. The Kier molecular flexibility index (Phi) is 2.98. The molecule has 7 heteroatoms. The number of carbonyl (C=O) groups excluding carboxylic acids is 1. The van der Waals surface area contributed by atoms with Gasteiger partial charge in [-0.1, -0.05) is 0 Å². The Hall–Kier alpha value is -2.28. The van der Waals surface area contributed by atoms with Crippen LogP contribution in [0.3, 0.4) is 0 Å². The van der Waals surface area contributed by atoms with Crippen LogP contribution in [0.25, 0.3) is 11.0 Å². The minimum Gasteiger partial charge on any atom is -0.504 e. The molecule has 0 unspecified atom stereocenters. The molecule has 1 fully saturated rings. The number of piperidine rings is 1. The van der Waals surface area contributed by atoms with Gasteiger partial charge in [-0.05, 0) is 18.9 Å². The summed E-state index contributed by atoms with van der Waals surface area (Å²) in [6, 6.07) is 1.23. The van der Waals surface area contributed by atoms with Crippen molar-refractivity contribution in [3.8, 4) is 5.75 Å². The zero-order valence-electron chi connectivity index (χ0n) is 11.0. The second kappa shape index (κ2) is 4.68. The van der Waals surface area contributed by atoms with E-state index >= 15 is 0 Å². The van der Waals surface area contributed by atoms with Gasteiger partial charge in [0.2, 0.25) is 0 Å². The number of carbonyl (C=O) groups is 1. The summed E-state index contributed by atoms with van der Waals surface area (Å²) >= 11 is 0. The molecule has 1 aliphatic heterocycles. The first-order valence-corrected chi connectivity index (χ1v) is 6.57. The predicted molar refractivity (Wildman–Crippen MR) is 75.8 cm³/mol. The molecule has 1 aliphatic rings. The van der Waals surface area contributed by atoms with Crippen molar-refractivity contribution >= 4 is 22.8 Å². The Morgan fingerprint density at radius 1 is 1.50 bits per heavy atom. The van der Waals surface area contributed by atoms with Crippen LogP contribution in [0.2, 0.25) is 0 Å². The van der Waals surface area contributed by atoms with Gasteiger partial charge in [-0.25, -0.2) is 9.78 Å². The Morgan fingerprint density at radius 2 is 2.30 bits per heavy atom. The summed E-state index contributed by atoms with van der Waals surface area (Å²) in [7, 11) is 0. The maximum Gasteiger partial charge on any atom is 0.324 e. The molecular formula is C13H17N5O2. The maximum atomic E-state index is 11.3. The van der Waals surface area contributed by atoms with Crippen LogP contribution >= 0.6 is 0 Å². The standard InChI is InChI=1S/C13H17N5O2/c14-8-2-1-4-17(7-8)11-9-3-5-18(13(15)20)12(9)16-6-10(11)19/h3,5-6,8,19H,1-2,4,7,14H2,(H2,15,20)/t8-/m1/s1. The van der Waals surface area contributed by atoms with E-state index in [1.54, 1.807) is 12.3 Å². The van der Waals surface area contributed by atoms with Crippen LogP contribution in [0.15, 0.2) is 18.5 Å². The molecule has 0 saturated carbocycles. The fourth-order valence-corrected chi connectivity index (χ4v) is 2.79. The third kappa shape index (κ3) is 1.96. The first-order chi connectivity index (χ1) is 9.58. The van der Waals surface area contributed by atoms with E-state index in [-0.39, 0.29) is 11.8 Å². The van der Waals surface area contributed by atoms with Crippen LogP contribution < -0.4 is 16.4 Å². The van der Waals surface area contributed by atoms with E-state index in [0.29, 0.717) is 23.3 Å². The summed E-state index contributed by atoms with van der Waals surface area (Å²) in [5, 5.41) is 10.8. The van der Waals surface area contributed by atoms with E-state index in [0.717, 1.165) is 19.4 Å². The topological polar surface area (TPSA) is 110 Å². The van der Waals surface area contributed by atoms with Gasteiger partial charge < -0.3 is 21.5 Å². The fraction of sp³-hybridized carbons (Fsp3) is 0.385. The minimum absolute atomic E-state index is 0.0876. The normalized spacial score (nSPS) is 19.4. The minimum atomic E-state index is -0.598. The fourth-order valence-electron chi connectivity index (χ4n) is 2.79. The lowest BCUT2D eigenvalue weighted by Crippen LogP contribution is -2.42. The molecule has 0 aromatic carbocycles. The van der Waals surface area contributed by atoms with E-state index < -0.39 is 6.03 Å². The average molecular weight is 275 g/mol. The van der Waals surface area contributed by atoms with Crippen molar-refractivity contribution in [2.24, 2.45) is 11.5 Å². The first-order valence-electron chi connectivity index (χ1n) is 6.57. The van der Waals surface area contributed by atoms with Crippen molar-refractivity contribution in [1.82, 2.24) is 9.55 Å². The molecule has 5 N–H and O–H groups in total. The number of hydrogen-bond acceptors (Lipinski definition) is 5. The third-order valence-electron chi connectivity index (χ3n) is 3.68. The number of hydrogen-bond donors (Lipinski definition) is 3. The highest BCUT2D eigenvalue weighted by molar-refractivity contribution is 5.98. The van der Waals surface area contributed by atoms with Gasteiger partial charge in [-0.15, -0.1) is 0 Å². The number of aromatic hydroxyl groups is 1. The number of primary amides is 1. The molecule has 0 radical (unpaired) electrons. The molecule has 7 nitrogen and oxygen atoms in total. The maximum absolute atomic E-state index is 11.3. The van der Waals surface area contributed by atoms with Crippen LogP contribution in [0.1, 0.15) is 12.8 Å². The number of anilines is 1. The van der Waals surface area contributed by atoms with Crippen molar-refractivity contribution in [2.45, 2.75) is 18.9 Å². The van der Waals surface area contributed by atoms with Crippen LogP contribution in [-0.2, 0) is 0 Å². The molecule has 20 heavy (non-hydrogen) atoms. The SMILES string of the molecule is NC(=O)n1ccc2c(N3CCC[C@@H](N)C3)c(O)cnc21. The molecule has 0 spiro atoms. The van der Waals surface area contributed by atoms with Gasteiger partial charge >= 0.3 is 6.03 Å². The van der Waals surface area contributed by atoms with Crippen molar-refractivity contribution in [2.75, 3.05) is 18.0 Å². The summed E-state index contributed by atoms with van der Waals surface area (Å²) in [4.78, 5) is 17.5. The van der Waals surface area contributed by atoms with Crippen molar-refractivity contribution in [1.29, 1.82) is 0 Å². The molecule has 3 heterocycles. The smallest absolute Gasteiger partial charge is 0.324 e. The number of rotatable bonds is 1. The molecule has 3 rings (SSSR count). The van der Waals surface area contributed by atoms with E-state index in [2.05, 4.69) is 4.98 Å². The summed E-state index contributed by atoms with van der Waals surface area (Å²) in [5.74, 6) is 0.0915. The molecule has 0 aliphatic carbocycles. The van der Waals surface area contributed by atoms with Crippen LogP contribution in [-0.4, -0.2) is 39.8 Å². The average Bonchev–Trinajstić information content (AvgIpc) is 2.82. The van der Waals surface area contributed by atoms with E-state index in [4.69, 9.17) is 11.5 Å². The molecular weight excluding hydrogens is 258 g/mol. The number of nitrogens with zero attached hydrogens (tertiary/aromatic N) is 3. The van der Waals surface area contributed by atoms with Crippen molar-refractivity contribution in [3.63, 3.8) is 0 Å². The second-order valence-corrected chi connectivity index (χ2v) is 5.10. The first kappa shape index (κ1) is 12.7. The lowest BCUT2D eigenvalue weighted by atomic mass is 10.1. The van der Waals surface area contributed by atoms with Gasteiger partial charge in [-0.3, -0.25) is 4.57 Å². The Balaban J connectivity index is 2.14. The van der Waals surface area contributed by atoms with E-state index in [9.17, 15) is 9.90 Å². The number of amides is 1. The Morgan fingerprint density at radius 3 is 3.00 bits per heavy atom. The van der Waals surface area contributed by atoms with E-state index in [1.165, 1.54) is 10.8 Å². The zero-order chi connectivity index (χ0) is 14.3. The van der Waals surface area contributed by atoms with Gasteiger partial charge in [0, 0.05) is 30.7 Å². The lowest BCUT2D eigenvalue weighted by Gasteiger charge is -2.33. The summed E-state index contributed by atoms with van der Waals surface area (Å²) in [5.41, 5.74) is 12.4. The zero-order valence-corrected chi connectivity index (χ0v) is 11.0. The molecule has 2 aromatic heterocycles. The molecule has 1 atom stereocenters. The highest BCUT2D eigenvalue weighted by atomic mass is 16.3. The molecule has 106 valence electrons. The van der Waals surface area contributed by atoms with Crippen molar-refractivity contribution < 1.29 is 9.90 Å². The number of aromatic nitrogens is 2.